The Bertz CT molecular complexity index is 513. The maximum absolute atomic E-state index is 11.5. The van der Waals surface area contributed by atoms with E-state index in [-0.39, 0.29) is 0 Å². The van der Waals surface area contributed by atoms with Crippen molar-refractivity contribution >= 4 is 6.09 Å². The number of alkyl carbamates (subject to hydrolysis) is 1. The Morgan fingerprint density at radius 2 is 1.84 bits per heavy atom. The highest BCUT2D eigenvalue weighted by Gasteiger charge is 2.27. The van der Waals surface area contributed by atoms with Crippen molar-refractivity contribution in [1.82, 2.24) is 10.6 Å². The van der Waals surface area contributed by atoms with Gasteiger partial charge in [-0.2, -0.15) is 0 Å². The van der Waals surface area contributed by atoms with E-state index in [0.717, 1.165) is 6.54 Å². The second-order valence-corrected chi connectivity index (χ2v) is 7.55. The van der Waals surface area contributed by atoms with Gasteiger partial charge in [0.2, 0.25) is 0 Å². The lowest BCUT2D eigenvalue weighted by atomic mass is 9.94. The Labute approximate surface area is 151 Å². The SMILES string of the molecule is CC(C)(C)OC(=O)NCCOCCN[C@@H]1CCC[C@H]1c1ccccc1. The summed E-state index contributed by atoms with van der Waals surface area (Å²) in [5.41, 5.74) is 0.964. The summed E-state index contributed by atoms with van der Waals surface area (Å²) in [5.74, 6) is 0.607. The normalized spacial score (nSPS) is 20.4. The molecule has 2 N–H and O–H groups in total. The average Bonchev–Trinajstić information content (AvgIpc) is 3.01. The molecule has 0 bridgehead atoms. The second kappa shape index (κ2) is 9.78. The molecule has 5 nitrogen and oxygen atoms in total. The van der Waals surface area contributed by atoms with Gasteiger partial charge in [0.05, 0.1) is 13.2 Å². The Kier molecular flexibility index (Phi) is 7.72. The van der Waals surface area contributed by atoms with Crippen LogP contribution in [-0.2, 0) is 9.47 Å². The molecule has 1 aromatic rings. The molecule has 1 amide bonds. The molecule has 2 rings (SSSR count). The van der Waals surface area contributed by atoms with Crippen molar-refractivity contribution < 1.29 is 14.3 Å². The molecule has 1 aromatic carbocycles. The number of ether oxygens (including phenoxy) is 2. The molecule has 0 radical (unpaired) electrons. The van der Waals surface area contributed by atoms with Gasteiger partial charge < -0.3 is 20.1 Å². The third-order valence-electron chi connectivity index (χ3n) is 4.31. The first-order valence-electron chi connectivity index (χ1n) is 9.28. The van der Waals surface area contributed by atoms with Crippen LogP contribution in [0, 0.1) is 0 Å². The fourth-order valence-corrected chi connectivity index (χ4v) is 3.26. The van der Waals surface area contributed by atoms with E-state index in [1.807, 2.05) is 20.8 Å². The van der Waals surface area contributed by atoms with Gasteiger partial charge in [-0.3, -0.25) is 0 Å². The average molecular weight is 348 g/mol. The molecular weight excluding hydrogens is 316 g/mol. The Balaban J connectivity index is 1.55. The van der Waals surface area contributed by atoms with Gasteiger partial charge in [-0.15, -0.1) is 0 Å². The summed E-state index contributed by atoms with van der Waals surface area (Å²) in [7, 11) is 0. The Hall–Kier alpha value is -1.59. The molecule has 0 heterocycles. The summed E-state index contributed by atoms with van der Waals surface area (Å²) in [6.07, 6.45) is 3.35. The highest BCUT2D eigenvalue weighted by molar-refractivity contribution is 5.67. The van der Waals surface area contributed by atoms with Crippen molar-refractivity contribution in [3.05, 3.63) is 35.9 Å². The highest BCUT2D eigenvalue weighted by Crippen LogP contribution is 2.34. The van der Waals surface area contributed by atoms with Crippen LogP contribution in [0.25, 0.3) is 0 Å². The van der Waals surface area contributed by atoms with Crippen LogP contribution in [0.3, 0.4) is 0 Å². The van der Waals surface area contributed by atoms with Gasteiger partial charge in [-0.05, 0) is 45.1 Å². The van der Waals surface area contributed by atoms with Gasteiger partial charge in [-0.1, -0.05) is 36.8 Å². The van der Waals surface area contributed by atoms with E-state index in [4.69, 9.17) is 9.47 Å². The maximum Gasteiger partial charge on any atom is 0.407 e. The van der Waals surface area contributed by atoms with Crippen molar-refractivity contribution in [2.75, 3.05) is 26.3 Å². The number of rotatable bonds is 8. The first-order valence-corrected chi connectivity index (χ1v) is 9.28. The number of carbonyl (C=O) groups is 1. The first-order chi connectivity index (χ1) is 12.0. The maximum atomic E-state index is 11.5. The quantitative estimate of drug-likeness (QED) is 0.707. The molecule has 2 atom stereocenters. The van der Waals surface area contributed by atoms with Gasteiger partial charge >= 0.3 is 6.09 Å². The van der Waals surface area contributed by atoms with E-state index in [9.17, 15) is 4.79 Å². The molecule has 1 aliphatic rings. The molecule has 1 aliphatic carbocycles. The van der Waals surface area contributed by atoms with Gasteiger partial charge in [0, 0.05) is 19.1 Å². The second-order valence-electron chi connectivity index (χ2n) is 7.55. The summed E-state index contributed by atoms with van der Waals surface area (Å²) < 4.78 is 10.8. The number of nitrogens with one attached hydrogen (secondary N) is 2. The minimum Gasteiger partial charge on any atom is -0.444 e. The van der Waals surface area contributed by atoms with Gasteiger partial charge in [0.25, 0.3) is 0 Å². The van der Waals surface area contributed by atoms with Crippen LogP contribution in [0.1, 0.15) is 51.5 Å². The summed E-state index contributed by atoms with van der Waals surface area (Å²) >= 11 is 0. The monoisotopic (exact) mass is 348 g/mol. The standard InChI is InChI=1S/C20H32N2O3/c1-20(2,3)25-19(23)22-13-15-24-14-12-21-18-11-7-10-17(18)16-8-5-4-6-9-16/h4-6,8-9,17-18,21H,7,10-15H2,1-3H3,(H,22,23)/t17-,18+/m0/s1. The molecule has 1 fully saturated rings. The zero-order valence-corrected chi connectivity index (χ0v) is 15.7. The van der Waals surface area contributed by atoms with E-state index in [2.05, 4.69) is 41.0 Å². The van der Waals surface area contributed by atoms with Crippen molar-refractivity contribution in [2.24, 2.45) is 0 Å². The predicted octanol–water partition coefficient (Wildman–Crippen LogP) is 3.45. The molecule has 0 aromatic heterocycles. The van der Waals surface area contributed by atoms with Crippen LogP contribution in [0.2, 0.25) is 0 Å². The lowest BCUT2D eigenvalue weighted by molar-refractivity contribution is 0.0500. The summed E-state index contributed by atoms with van der Waals surface area (Å²) in [4.78, 5) is 11.5. The fourth-order valence-electron chi connectivity index (χ4n) is 3.26. The summed E-state index contributed by atoms with van der Waals surface area (Å²) in [6.45, 7) is 7.98. The van der Waals surface area contributed by atoms with E-state index in [1.165, 1.54) is 24.8 Å². The zero-order valence-electron chi connectivity index (χ0n) is 15.7. The van der Waals surface area contributed by atoms with E-state index < -0.39 is 11.7 Å². The largest absolute Gasteiger partial charge is 0.444 e. The minimum absolute atomic E-state index is 0.397. The van der Waals surface area contributed by atoms with Crippen molar-refractivity contribution in [2.45, 2.75) is 57.6 Å². The van der Waals surface area contributed by atoms with Crippen LogP contribution < -0.4 is 10.6 Å². The van der Waals surface area contributed by atoms with Crippen LogP contribution in [0.15, 0.2) is 30.3 Å². The number of hydrogen-bond acceptors (Lipinski definition) is 4. The van der Waals surface area contributed by atoms with Crippen molar-refractivity contribution in [3.63, 3.8) is 0 Å². The summed E-state index contributed by atoms with van der Waals surface area (Å²) in [6, 6.07) is 11.3. The third-order valence-corrected chi connectivity index (χ3v) is 4.31. The number of amides is 1. The highest BCUT2D eigenvalue weighted by atomic mass is 16.6. The van der Waals surface area contributed by atoms with Crippen molar-refractivity contribution in [1.29, 1.82) is 0 Å². The zero-order chi connectivity index (χ0) is 18.1. The molecule has 1 saturated carbocycles. The molecule has 0 spiro atoms. The predicted molar refractivity (Wildman–Crippen MR) is 99.9 cm³/mol. The molecule has 25 heavy (non-hydrogen) atoms. The first kappa shape index (κ1) is 19.7. The van der Waals surface area contributed by atoms with Gasteiger partial charge in [0.15, 0.2) is 0 Å². The van der Waals surface area contributed by atoms with Crippen LogP contribution in [0.5, 0.6) is 0 Å². The number of carbonyl (C=O) groups excluding carboxylic acids is 1. The molecule has 5 heteroatoms. The number of benzene rings is 1. The fraction of sp³-hybridized carbons (Fsp3) is 0.650. The number of hydrogen-bond donors (Lipinski definition) is 2. The Morgan fingerprint density at radius 3 is 2.56 bits per heavy atom. The third kappa shape index (κ3) is 7.45. The van der Waals surface area contributed by atoms with Crippen LogP contribution >= 0.6 is 0 Å². The van der Waals surface area contributed by atoms with Gasteiger partial charge in [-0.25, -0.2) is 4.79 Å². The molecular formula is C20H32N2O3. The van der Waals surface area contributed by atoms with Crippen LogP contribution in [0.4, 0.5) is 4.79 Å². The molecule has 0 saturated heterocycles. The van der Waals surface area contributed by atoms with E-state index in [0.29, 0.717) is 31.7 Å². The van der Waals surface area contributed by atoms with Crippen LogP contribution in [-0.4, -0.2) is 44.0 Å². The van der Waals surface area contributed by atoms with Crippen molar-refractivity contribution in [3.8, 4) is 0 Å². The lowest BCUT2D eigenvalue weighted by Gasteiger charge is -2.21. The smallest absolute Gasteiger partial charge is 0.407 e. The van der Waals surface area contributed by atoms with E-state index >= 15 is 0 Å². The lowest BCUT2D eigenvalue weighted by Crippen LogP contribution is -2.35. The molecule has 140 valence electrons. The minimum atomic E-state index is -0.467. The van der Waals surface area contributed by atoms with E-state index in [1.54, 1.807) is 0 Å². The van der Waals surface area contributed by atoms with Gasteiger partial charge in [0.1, 0.15) is 5.60 Å². The molecule has 0 unspecified atom stereocenters. The summed E-state index contributed by atoms with van der Waals surface area (Å²) in [5, 5.41) is 6.32. The molecule has 0 aliphatic heterocycles. The topological polar surface area (TPSA) is 59.6 Å². The Morgan fingerprint density at radius 1 is 1.12 bits per heavy atom.